The van der Waals surface area contributed by atoms with Gasteiger partial charge in [0.05, 0.1) is 0 Å². The highest BCUT2D eigenvalue weighted by Gasteiger charge is 2.28. The smallest absolute Gasteiger partial charge is 0.123 e. The molecule has 2 atom stereocenters. The molecule has 0 saturated carbocycles. The van der Waals surface area contributed by atoms with Gasteiger partial charge in [-0.2, -0.15) is 0 Å². The van der Waals surface area contributed by atoms with Crippen LogP contribution in [-0.2, 0) is 0 Å². The number of aryl methyl sites for hydroxylation is 1. The van der Waals surface area contributed by atoms with Crippen LogP contribution in [0.3, 0.4) is 0 Å². The number of nitrogens with zero attached hydrogens (tertiary/aromatic N) is 2. The molecule has 20 heavy (non-hydrogen) atoms. The Bertz CT molecular complexity index is 449. The zero-order chi connectivity index (χ0) is 14.7. The molecule has 0 amide bonds. The minimum Gasteiger partial charge on any atom is -0.329 e. The van der Waals surface area contributed by atoms with E-state index in [0.29, 0.717) is 12.6 Å². The van der Waals surface area contributed by atoms with Crippen LogP contribution in [0.25, 0.3) is 0 Å². The maximum Gasteiger partial charge on any atom is 0.123 e. The molecule has 1 aliphatic heterocycles. The van der Waals surface area contributed by atoms with Crippen LogP contribution < -0.4 is 5.73 Å². The zero-order valence-corrected chi connectivity index (χ0v) is 12.8. The van der Waals surface area contributed by atoms with Crippen LogP contribution in [0.1, 0.15) is 31.0 Å². The molecule has 2 unspecified atom stereocenters. The lowest BCUT2D eigenvalue weighted by atomic mass is 9.98. The average Bonchev–Trinajstić information content (AvgIpc) is 2.42. The van der Waals surface area contributed by atoms with Crippen molar-refractivity contribution in [1.82, 2.24) is 9.80 Å². The van der Waals surface area contributed by atoms with Gasteiger partial charge in [0.1, 0.15) is 5.82 Å². The van der Waals surface area contributed by atoms with Gasteiger partial charge in [-0.15, -0.1) is 0 Å². The molecule has 1 heterocycles. The zero-order valence-electron chi connectivity index (χ0n) is 12.8. The van der Waals surface area contributed by atoms with Crippen molar-refractivity contribution in [2.75, 3.05) is 32.7 Å². The van der Waals surface area contributed by atoms with Gasteiger partial charge >= 0.3 is 0 Å². The van der Waals surface area contributed by atoms with Gasteiger partial charge < -0.3 is 5.73 Å². The molecule has 1 fully saturated rings. The van der Waals surface area contributed by atoms with Crippen LogP contribution in [0.15, 0.2) is 18.2 Å². The Morgan fingerprint density at radius 2 is 2.15 bits per heavy atom. The Kier molecular flexibility index (Phi) is 5.13. The monoisotopic (exact) mass is 279 g/mol. The lowest BCUT2D eigenvalue weighted by molar-refractivity contribution is 0.0604. The summed E-state index contributed by atoms with van der Waals surface area (Å²) in [6.45, 7) is 11.2. The Hall–Kier alpha value is -0.970. The summed E-state index contributed by atoms with van der Waals surface area (Å²) < 4.78 is 13.3. The third kappa shape index (κ3) is 3.19. The molecule has 1 aliphatic rings. The first-order valence-electron chi connectivity index (χ1n) is 7.51. The van der Waals surface area contributed by atoms with Crippen molar-refractivity contribution in [3.8, 4) is 0 Å². The largest absolute Gasteiger partial charge is 0.329 e. The first-order chi connectivity index (χ1) is 9.56. The fourth-order valence-electron chi connectivity index (χ4n) is 3.26. The number of rotatable bonds is 4. The highest BCUT2D eigenvalue weighted by atomic mass is 19.1. The van der Waals surface area contributed by atoms with Gasteiger partial charge in [-0.3, -0.25) is 9.80 Å². The van der Waals surface area contributed by atoms with Gasteiger partial charge in [0.15, 0.2) is 0 Å². The lowest BCUT2D eigenvalue weighted by Crippen LogP contribution is -2.53. The molecule has 1 saturated heterocycles. The summed E-state index contributed by atoms with van der Waals surface area (Å²) >= 11 is 0. The van der Waals surface area contributed by atoms with E-state index in [4.69, 9.17) is 5.73 Å². The summed E-state index contributed by atoms with van der Waals surface area (Å²) in [6.07, 6.45) is 0. The second-order valence-corrected chi connectivity index (χ2v) is 5.72. The van der Waals surface area contributed by atoms with Gasteiger partial charge in [-0.1, -0.05) is 13.0 Å². The number of piperazine rings is 1. The van der Waals surface area contributed by atoms with E-state index in [2.05, 4.69) is 23.6 Å². The molecular formula is C16H26FN3. The molecule has 0 bridgehead atoms. The molecular weight excluding hydrogens is 253 g/mol. The number of hydrogen-bond acceptors (Lipinski definition) is 3. The van der Waals surface area contributed by atoms with Crippen molar-refractivity contribution in [3.63, 3.8) is 0 Å². The number of nitrogens with two attached hydrogens (primary N) is 1. The van der Waals surface area contributed by atoms with E-state index >= 15 is 0 Å². The van der Waals surface area contributed by atoms with Crippen LogP contribution in [0.4, 0.5) is 4.39 Å². The second kappa shape index (κ2) is 6.66. The summed E-state index contributed by atoms with van der Waals surface area (Å²) in [5.74, 6) is -0.175. The van der Waals surface area contributed by atoms with Crippen LogP contribution in [-0.4, -0.2) is 48.6 Å². The van der Waals surface area contributed by atoms with Crippen LogP contribution >= 0.6 is 0 Å². The Balaban J connectivity index is 2.16. The fourth-order valence-corrected chi connectivity index (χ4v) is 3.26. The summed E-state index contributed by atoms with van der Waals surface area (Å²) in [4.78, 5) is 4.93. The molecule has 2 N–H and O–H groups in total. The second-order valence-electron chi connectivity index (χ2n) is 5.72. The predicted molar refractivity (Wildman–Crippen MR) is 81.2 cm³/mol. The van der Waals surface area contributed by atoms with E-state index in [1.54, 1.807) is 6.07 Å². The molecule has 112 valence electrons. The summed E-state index contributed by atoms with van der Waals surface area (Å²) in [6, 6.07) is 5.76. The highest BCUT2D eigenvalue weighted by molar-refractivity contribution is 5.30. The maximum absolute atomic E-state index is 13.3. The molecule has 1 aromatic carbocycles. The van der Waals surface area contributed by atoms with Gasteiger partial charge in [0.25, 0.3) is 0 Å². The van der Waals surface area contributed by atoms with E-state index in [9.17, 15) is 4.39 Å². The van der Waals surface area contributed by atoms with E-state index in [1.165, 1.54) is 6.07 Å². The molecule has 0 radical (unpaired) electrons. The number of benzene rings is 1. The van der Waals surface area contributed by atoms with Crippen LogP contribution in [0.2, 0.25) is 0 Å². The van der Waals surface area contributed by atoms with Gasteiger partial charge in [0.2, 0.25) is 0 Å². The highest BCUT2D eigenvalue weighted by Crippen LogP contribution is 2.26. The van der Waals surface area contributed by atoms with E-state index < -0.39 is 0 Å². The van der Waals surface area contributed by atoms with Gasteiger partial charge in [-0.05, 0) is 43.7 Å². The van der Waals surface area contributed by atoms with Crippen molar-refractivity contribution in [2.24, 2.45) is 5.73 Å². The van der Waals surface area contributed by atoms with Crippen molar-refractivity contribution in [3.05, 3.63) is 35.1 Å². The van der Waals surface area contributed by atoms with Gasteiger partial charge in [0, 0.05) is 38.3 Å². The Morgan fingerprint density at radius 1 is 1.40 bits per heavy atom. The Labute approximate surface area is 121 Å². The SMILES string of the molecule is CCN1CCN(C(CN)c2ccc(F)cc2C)CC1C. The molecule has 0 spiro atoms. The molecule has 2 rings (SSSR count). The normalized spacial score (nSPS) is 22.9. The molecule has 1 aromatic rings. The fraction of sp³-hybridized carbons (Fsp3) is 0.625. The van der Waals surface area contributed by atoms with Crippen molar-refractivity contribution in [1.29, 1.82) is 0 Å². The quantitative estimate of drug-likeness (QED) is 0.917. The molecule has 0 aliphatic carbocycles. The summed E-state index contributed by atoms with van der Waals surface area (Å²) in [5.41, 5.74) is 8.16. The lowest BCUT2D eigenvalue weighted by Gasteiger charge is -2.43. The summed E-state index contributed by atoms with van der Waals surface area (Å²) in [5, 5.41) is 0. The van der Waals surface area contributed by atoms with Crippen LogP contribution in [0.5, 0.6) is 0 Å². The minimum atomic E-state index is -0.175. The molecule has 3 nitrogen and oxygen atoms in total. The maximum atomic E-state index is 13.3. The molecule has 4 heteroatoms. The van der Waals surface area contributed by atoms with Crippen molar-refractivity contribution in [2.45, 2.75) is 32.9 Å². The minimum absolute atomic E-state index is 0.175. The summed E-state index contributed by atoms with van der Waals surface area (Å²) in [7, 11) is 0. The third-order valence-corrected chi connectivity index (χ3v) is 4.46. The standard InChI is InChI=1S/C16H26FN3/c1-4-19-7-8-20(11-13(19)3)16(10-18)15-6-5-14(17)9-12(15)2/h5-6,9,13,16H,4,7-8,10-11,18H2,1-3H3. The van der Waals surface area contributed by atoms with E-state index in [-0.39, 0.29) is 11.9 Å². The van der Waals surface area contributed by atoms with E-state index in [0.717, 1.165) is 37.3 Å². The third-order valence-electron chi connectivity index (χ3n) is 4.46. The topological polar surface area (TPSA) is 32.5 Å². The van der Waals surface area contributed by atoms with Gasteiger partial charge in [-0.25, -0.2) is 4.39 Å². The Morgan fingerprint density at radius 3 is 2.70 bits per heavy atom. The first-order valence-corrected chi connectivity index (χ1v) is 7.51. The number of halogens is 1. The van der Waals surface area contributed by atoms with Crippen LogP contribution in [0, 0.1) is 12.7 Å². The number of hydrogen-bond donors (Lipinski definition) is 1. The van der Waals surface area contributed by atoms with Crippen molar-refractivity contribution < 1.29 is 4.39 Å². The molecule has 0 aromatic heterocycles. The predicted octanol–water partition coefficient (Wildman–Crippen LogP) is 2.16. The van der Waals surface area contributed by atoms with Crippen molar-refractivity contribution >= 4 is 0 Å². The van der Waals surface area contributed by atoms with E-state index in [1.807, 2.05) is 13.0 Å². The first kappa shape index (κ1) is 15.4. The average molecular weight is 279 g/mol. The number of likely N-dealkylation sites (N-methyl/N-ethyl adjacent to an activating group) is 1.